The minimum Gasteiger partial charge on any atom is -0.475 e. The van der Waals surface area contributed by atoms with E-state index in [9.17, 15) is 9.59 Å². The molecule has 1 aromatic rings. The van der Waals surface area contributed by atoms with E-state index in [0.29, 0.717) is 31.8 Å². The first kappa shape index (κ1) is 13.2. The van der Waals surface area contributed by atoms with Crippen LogP contribution in [0.4, 0.5) is 0 Å². The van der Waals surface area contributed by atoms with Crippen LogP contribution in [0.2, 0.25) is 0 Å². The van der Waals surface area contributed by atoms with E-state index in [4.69, 9.17) is 9.52 Å². The lowest BCUT2D eigenvalue weighted by atomic mass is 10.3. The highest BCUT2D eigenvalue weighted by molar-refractivity contribution is 5.84. The van der Waals surface area contributed by atoms with E-state index >= 15 is 0 Å². The van der Waals surface area contributed by atoms with Crippen molar-refractivity contribution in [2.45, 2.75) is 19.9 Å². The van der Waals surface area contributed by atoms with Crippen molar-refractivity contribution in [3.05, 3.63) is 23.7 Å². The molecule has 0 spiro atoms. The Labute approximate surface area is 99.0 Å². The third-order valence-corrected chi connectivity index (χ3v) is 2.07. The van der Waals surface area contributed by atoms with Crippen molar-refractivity contribution in [1.82, 2.24) is 10.6 Å². The maximum Gasteiger partial charge on any atom is 0.371 e. The fraction of sp³-hybridized carbons (Fsp3) is 0.455. The van der Waals surface area contributed by atoms with Gasteiger partial charge in [0.1, 0.15) is 5.76 Å². The molecule has 1 heterocycles. The number of carbonyl (C=O) groups excluding carboxylic acids is 1. The lowest BCUT2D eigenvalue weighted by Gasteiger charge is -2.03. The zero-order valence-electron chi connectivity index (χ0n) is 9.66. The standard InChI is InChI=1S/C11H16N2O4/c1-2-13-10(14)5-6-12-7-8-3-4-9(17-8)11(15)16/h3-4,12H,2,5-7H2,1H3,(H,13,14)(H,15,16). The average Bonchev–Trinajstić information content (AvgIpc) is 2.73. The Morgan fingerprint density at radius 1 is 1.41 bits per heavy atom. The van der Waals surface area contributed by atoms with Crippen molar-refractivity contribution in [2.24, 2.45) is 0 Å². The topological polar surface area (TPSA) is 91.6 Å². The molecule has 0 aliphatic heterocycles. The predicted octanol–water partition coefficient (Wildman–Crippen LogP) is 0.594. The van der Waals surface area contributed by atoms with Gasteiger partial charge < -0.3 is 20.2 Å². The SMILES string of the molecule is CCNC(=O)CCNCc1ccc(C(=O)O)o1. The van der Waals surface area contributed by atoms with Gasteiger partial charge in [-0.05, 0) is 19.1 Å². The largest absolute Gasteiger partial charge is 0.475 e. The summed E-state index contributed by atoms with van der Waals surface area (Å²) >= 11 is 0. The number of carboxylic acids is 1. The van der Waals surface area contributed by atoms with Crippen LogP contribution in [0, 0.1) is 0 Å². The van der Waals surface area contributed by atoms with Crippen LogP contribution in [0.1, 0.15) is 29.7 Å². The van der Waals surface area contributed by atoms with E-state index in [1.54, 1.807) is 6.07 Å². The first-order chi connectivity index (χ1) is 8.13. The number of aromatic carboxylic acids is 1. The molecule has 0 saturated carbocycles. The Morgan fingerprint density at radius 3 is 2.76 bits per heavy atom. The zero-order chi connectivity index (χ0) is 12.7. The highest BCUT2D eigenvalue weighted by Crippen LogP contribution is 2.07. The number of hydrogen-bond donors (Lipinski definition) is 3. The molecule has 1 rings (SSSR count). The van der Waals surface area contributed by atoms with Crippen LogP contribution in [-0.2, 0) is 11.3 Å². The first-order valence-corrected chi connectivity index (χ1v) is 5.43. The first-order valence-electron chi connectivity index (χ1n) is 5.43. The van der Waals surface area contributed by atoms with Crippen LogP contribution < -0.4 is 10.6 Å². The zero-order valence-corrected chi connectivity index (χ0v) is 9.66. The second-order valence-electron chi connectivity index (χ2n) is 3.45. The second kappa shape index (κ2) is 6.70. The third kappa shape index (κ3) is 4.69. The highest BCUT2D eigenvalue weighted by Gasteiger charge is 2.08. The molecule has 6 heteroatoms. The number of hydrogen-bond acceptors (Lipinski definition) is 4. The monoisotopic (exact) mass is 240 g/mol. The summed E-state index contributed by atoms with van der Waals surface area (Å²) in [5, 5.41) is 14.3. The summed E-state index contributed by atoms with van der Waals surface area (Å²) in [6.45, 7) is 3.42. The van der Waals surface area contributed by atoms with Crippen LogP contribution in [0.25, 0.3) is 0 Å². The number of furan rings is 1. The van der Waals surface area contributed by atoms with Gasteiger partial charge in [0.25, 0.3) is 0 Å². The van der Waals surface area contributed by atoms with Gasteiger partial charge in [-0.3, -0.25) is 4.79 Å². The van der Waals surface area contributed by atoms with E-state index < -0.39 is 5.97 Å². The average molecular weight is 240 g/mol. The summed E-state index contributed by atoms with van der Waals surface area (Å²) < 4.78 is 5.04. The van der Waals surface area contributed by atoms with Crippen LogP contribution >= 0.6 is 0 Å². The van der Waals surface area contributed by atoms with Gasteiger partial charge in [0.15, 0.2) is 0 Å². The minimum atomic E-state index is -1.08. The van der Waals surface area contributed by atoms with Gasteiger partial charge in [0.05, 0.1) is 6.54 Å². The molecule has 0 aromatic carbocycles. The molecule has 1 amide bonds. The van der Waals surface area contributed by atoms with Crippen LogP contribution in [0.3, 0.4) is 0 Å². The molecular formula is C11H16N2O4. The molecule has 17 heavy (non-hydrogen) atoms. The second-order valence-corrected chi connectivity index (χ2v) is 3.45. The number of carboxylic acid groups (broad SMARTS) is 1. The summed E-state index contributed by atoms with van der Waals surface area (Å²) in [6, 6.07) is 3.01. The lowest BCUT2D eigenvalue weighted by molar-refractivity contribution is -0.120. The molecule has 0 aliphatic rings. The van der Waals surface area contributed by atoms with Crippen molar-refractivity contribution in [3.8, 4) is 0 Å². The summed E-state index contributed by atoms with van der Waals surface area (Å²) in [7, 11) is 0. The van der Waals surface area contributed by atoms with E-state index in [1.807, 2.05) is 6.92 Å². The fourth-order valence-electron chi connectivity index (χ4n) is 1.29. The van der Waals surface area contributed by atoms with E-state index in [0.717, 1.165) is 0 Å². The molecule has 0 aliphatic carbocycles. The maximum atomic E-state index is 11.1. The number of rotatable bonds is 7. The van der Waals surface area contributed by atoms with Gasteiger partial charge in [-0.25, -0.2) is 4.79 Å². The molecule has 94 valence electrons. The van der Waals surface area contributed by atoms with Crippen LogP contribution in [0.15, 0.2) is 16.5 Å². The normalized spacial score (nSPS) is 10.2. The minimum absolute atomic E-state index is 0.00864. The van der Waals surface area contributed by atoms with Crippen LogP contribution in [-0.4, -0.2) is 30.1 Å². The van der Waals surface area contributed by atoms with Gasteiger partial charge in [0, 0.05) is 19.5 Å². The Kier molecular flexibility index (Phi) is 5.22. The van der Waals surface area contributed by atoms with E-state index in [2.05, 4.69) is 10.6 Å². The van der Waals surface area contributed by atoms with E-state index in [1.165, 1.54) is 6.07 Å². The third-order valence-electron chi connectivity index (χ3n) is 2.07. The summed E-state index contributed by atoms with van der Waals surface area (Å²) in [5.41, 5.74) is 0. The predicted molar refractivity (Wildman–Crippen MR) is 60.7 cm³/mol. The molecule has 1 aromatic heterocycles. The maximum absolute atomic E-state index is 11.1. The Bertz CT molecular complexity index is 387. The smallest absolute Gasteiger partial charge is 0.371 e. The van der Waals surface area contributed by atoms with E-state index in [-0.39, 0.29) is 11.7 Å². The molecule has 0 unspecified atom stereocenters. The molecule has 0 bridgehead atoms. The van der Waals surface area contributed by atoms with Gasteiger partial charge in [-0.2, -0.15) is 0 Å². The Hall–Kier alpha value is -1.82. The van der Waals surface area contributed by atoms with Crippen molar-refractivity contribution in [1.29, 1.82) is 0 Å². The molecule has 0 fully saturated rings. The lowest BCUT2D eigenvalue weighted by Crippen LogP contribution is -2.27. The molecule has 3 N–H and O–H groups in total. The molecular weight excluding hydrogens is 224 g/mol. The number of carbonyl (C=O) groups is 2. The number of amides is 1. The summed E-state index contributed by atoms with van der Waals surface area (Å²) in [6.07, 6.45) is 0.389. The van der Waals surface area contributed by atoms with Crippen molar-refractivity contribution in [2.75, 3.05) is 13.1 Å². The van der Waals surface area contributed by atoms with Gasteiger partial charge in [0.2, 0.25) is 11.7 Å². The molecule has 6 nitrogen and oxygen atoms in total. The summed E-state index contributed by atoms with van der Waals surface area (Å²) in [5.74, 6) is -0.631. The number of nitrogens with one attached hydrogen (secondary N) is 2. The Morgan fingerprint density at radius 2 is 2.18 bits per heavy atom. The fourth-order valence-corrected chi connectivity index (χ4v) is 1.29. The van der Waals surface area contributed by atoms with Crippen molar-refractivity contribution < 1.29 is 19.1 Å². The van der Waals surface area contributed by atoms with Gasteiger partial charge in [-0.15, -0.1) is 0 Å². The van der Waals surface area contributed by atoms with Crippen molar-refractivity contribution >= 4 is 11.9 Å². The van der Waals surface area contributed by atoms with Crippen LogP contribution in [0.5, 0.6) is 0 Å². The molecule has 0 radical (unpaired) electrons. The van der Waals surface area contributed by atoms with Gasteiger partial charge >= 0.3 is 5.97 Å². The van der Waals surface area contributed by atoms with Gasteiger partial charge in [-0.1, -0.05) is 0 Å². The highest BCUT2D eigenvalue weighted by atomic mass is 16.4. The Balaban J connectivity index is 2.22. The quantitative estimate of drug-likeness (QED) is 0.607. The molecule has 0 atom stereocenters. The van der Waals surface area contributed by atoms with Crippen molar-refractivity contribution in [3.63, 3.8) is 0 Å². The molecule has 0 saturated heterocycles. The summed E-state index contributed by atoms with van der Waals surface area (Å²) in [4.78, 5) is 21.6.